The van der Waals surface area contributed by atoms with Crippen LogP contribution in [0.2, 0.25) is 0 Å². The molecule has 0 atom stereocenters. The molecule has 0 saturated heterocycles. The molecule has 0 radical (unpaired) electrons. The molecule has 0 amide bonds. The van der Waals surface area contributed by atoms with Gasteiger partial charge in [-0.1, -0.05) is 29.8 Å². The number of aryl methyl sites for hydroxylation is 2. The van der Waals surface area contributed by atoms with Crippen molar-refractivity contribution in [2.24, 2.45) is 0 Å². The SMILES string of the molecule is COC(=O)CCc1csc(NCc2ccc(C)cc2)n1. The van der Waals surface area contributed by atoms with E-state index >= 15 is 0 Å². The number of aromatic nitrogens is 1. The van der Waals surface area contributed by atoms with Crippen molar-refractivity contribution in [3.8, 4) is 0 Å². The first-order valence-corrected chi connectivity index (χ1v) is 7.36. The van der Waals surface area contributed by atoms with Crippen molar-refractivity contribution in [2.45, 2.75) is 26.3 Å². The van der Waals surface area contributed by atoms with Gasteiger partial charge in [0.05, 0.1) is 19.2 Å². The Bertz CT molecular complexity index is 564. The molecular formula is C15H18N2O2S. The van der Waals surface area contributed by atoms with Gasteiger partial charge < -0.3 is 10.1 Å². The van der Waals surface area contributed by atoms with Gasteiger partial charge in [0.15, 0.2) is 5.13 Å². The number of carbonyl (C=O) groups excluding carboxylic acids is 1. The number of thiazole rings is 1. The molecule has 20 heavy (non-hydrogen) atoms. The fourth-order valence-electron chi connectivity index (χ4n) is 1.72. The second-order valence-corrected chi connectivity index (χ2v) is 5.42. The third-order valence-corrected chi connectivity index (χ3v) is 3.78. The fraction of sp³-hybridized carbons (Fsp3) is 0.333. The van der Waals surface area contributed by atoms with Gasteiger partial charge in [0, 0.05) is 18.3 Å². The Labute approximate surface area is 122 Å². The van der Waals surface area contributed by atoms with E-state index in [2.05, 4.69) is 46.2 Å². The van der Waals surface area contributed by atoms with E-state index in [4.69, 9.17) is 0 Å². The molecule has 1 aromatic carbocycles. The van der Waals surface area contributed by atoms with E-state index in [-0.39, 0.29) is 5.97 Å². The molecule has 2 rings (SSSR count). The maximum absolute atomic E-state index is 11.1. The number of ether oxygens (including phenoxy) is 1. The summed E-state index contributed by atoms with van der Waals surface area (Å²) in [5, 5.41) is 6.15. The molecule has 106 valence electrons. The van der Waals surface area contributed by atoms with Gasteiger partial charge in [-0.2, -0.15) is 0 Å². The lowest BCUT2D eigenvalue weighted by Gasteiger charge is -2.03. The molecule has 1 N–H and O–H groups in total. The Hall–Kier alpha value is -1.88. The van der Waals surface area contributed by atoms with E-state index in [1.54, 1.807) is 11.3 Å². The maximum Gasteiger partial charge on any atom is 0.305 e. The van der Waals surface area contributed by atoms with Gasteiger partial charge in [-0.15, -0.1) is 11.3 Å². The number of hydrogen-bond donors (Lipinski definition) is 1. The predicted molar refractivity (Wildman–Crippen MR) is 81.0 cm³/mol. The van der Waals surface area contributed by atoms with E-state index in [1.165, 1.54) is 18.2 Å². The number of rotatable bonds is 6. The van der Waals surface area contributed by atoms with E-state index in [9.17, 15) is 4.79 Å². The van der Waals surface area contributed by atoms with Crippen molar-refractivity contribution in [3.05, 3.63) is 46.5 Å². The van der Waals surface area contributed by atoms with E-state index in [0.29, 0.717) is 12.8 Å². The highest BCUT2D eigenvalue weighted by Gasteiger charge is 2.05. The van der Waals surface area contributed by atoms with Gasteiger partial charge in [0.1, 0.15) is 0 Å². The maximum atomic E-state index is 11.1. The summed E-state index contributed by atoms with van der Waals surface area (Å²) >= 11 is 1.56. The molecule has 4 nitrogen and oxygen atoms in total. The van der Waals surface area contributed by atoms with Crippen LogP contribution in [-0.2, 0) is 22.5 Å². The van der Waals surface area contributed by atoms with Gasteiger partial charge in [-0.25, -0.2) is 4.98 Å². The number of carbonyl (C=O) groups is 1. The average molecular weight is 290 g/mol. The minimum absolute atomic E-state index is 0.202. The van der Waals surface area contributed by atoms with Crippen molar-refractivity contribution in [1.82, 2.24) is 4.98 Å². The Balaban J connectivity index is 1.83. The summed E-state index contributed by atoms with van der Waals surface area (Å²) in [5.74, 6) is -0.202. The van der Waals surface area contributed by atoms with E-state index in [0.717, 1.165) is 17.4 Å². The molecule has 0 spiro atoms. The lowest BCUT2D eigenvalue weighted by molar-refractivity contribution is -0.140. The zero-order valence-electron chi connectivity index (χ0n) is 11.7. The van der Waals surface area contributed by atoms with Crippen LogP contribution < -0.4 is 5.32 Å². The number of nitrogens with one attached hydrogen (secondary N) is 1. The number of nitrogens with zero attached hydrogens (tertiary/aromatic N) is 1. The van der Waals surface area contributed by atoms with Crippen LogP contribution in [0.4, 0.5) is 5.13 Å². The molecule has 0 bridgehead atoms. The van der Waals surface area contributed by atoms with Crippen LogP contribution in [0, 0.1) is 6.92 Å². The normalized spacial score (nSPS) is 10.3. The van der Waals surface area contributed by atoms with Crippen molar-refractivity contribution in [2.75, 3.05) is 12.4 Å². The summed E-state index contributed by atoms with van der Waals surface area (Å²) in [6.07, 6.45) is 0.993. The molecular weight excluding hydrogens is 272 g/mol. The summed E-state index contributed by atoms with van der Waals surface area (Å²) in [7, 11) is 1.40. The molecule has 2 aromatic rings. The zero-order chi connectivity index (χ0) is 14.4. The van der Waals surface area contributed by atoms with Crippen molar-refractivity contribution >= 4 is 22.4 Å². The van der Waals surface area contributed by atoms with Crippen LogP contribution in [0.1, 0.15) is 23.2 Å². The van der Waals surface area contributed by atoms with E-state index in [1.807, 2.05) is 5.38 Å². The van der Waals surface area contributed by atoms with Gasteiger partial charge in [0.2, 0.25) is 0 Å². The van der Waals surface area contributed by atoms with Crippen LogP contribution in [0.15, 0.2) is 29.6 Å². The molecule has 1 heterocycles. The first-order chi connectivity index (χ1) is 9.67. The van der Waals surface area contributed by atoms with Gasteiger partial charge in [-0.3, -0.25) is 4.79 Å². The van der Waals surface area contributed by atoms with Crippen LogP contribution in [0.25, 0.3) is 0 Å². The number of benzene rings is 1. The van der Waals surface area contributed by atoms with Crippen molar-refractivity contribution in [1.29, 1.82) is 0 Å². The molecule has 0 fully saturated rings. The van der Waals surface area contributed by atoms with Crippen LogP contribution in [0.3, 0.4) is 0 Å². The number of hydrogen-bond acceptors (Lipinski definition) is 5. The lowest BCUT2D eigenvalue weighted by atomic mass is 10.1. The van der Waals surface area contributed by atoms with Crippen molar-refractivity contribution in [3.63, 3.8) is 0 Å². The summed E-state index contributed by atoms with van der Waals surface area (Å²) in [6, 6.07) is 8.41. The minimum atomic E-state index is -0.202. The van der Waals surface area contributed by atoms with E-state index < -0.39 is 0 Å². The van der Waals surface area contributed by atoms with Crippen LogP contribution >= 0.6 is 11.3 Å². The topological polar surface area (TPSA) is 51.2 Å². The first-order valence-electron chi connectivity index (χ1n) is 6.48. The molecule has 0 aliphatic rings. The Morgan fingerprint density at radius 1 is 1.35 bits per heavy atom. The number of esters is 1. The zero-order valence-corrected chi connectivity index (χ0v) is 12.5. The summed E-state index contributed by atoms with van der Waals surface area (Å²) in [4.78, 5) is 15.5. The highest BCUT2D eigenvalue weighted by atomic mass is 32.1. The Morgan fingerprint density at radius 2 is 2.10 bits per heavy atom. The van der Waals surface area contributed by atoms with Gasteiger partial charge in [-0.05, 0) is 12.5 Å². The van der Waals surface area contributed by atoms with Crippen LogP contribution in [0.5, 0.6) is 0 Å². The second kappa shape index (κ2) is 7.05. The highest BCUT2D eigenvalue weighted by Crippen LogP contribution is 2.17. The van der Waals surface area contributed by atoms with Gasteiger partial charge in [0.25, 0.3) is 0 Å². The number of methoxy groups -OCH3 is 1. The summed E-state index contributed by atoms with van der Waals surface area (Å²) < 4.78 is 4.61. The third-order valence-electron chi connectivity index (χ3n) is 2.93. The molecule has 0 saturated carbocycles. The van der Waals surface area contributed by atoms with Gasteiger partial charge >= 0.3 is 5.97 Å². The first kappa shape index (κ1) is 14.5. The second-order valence-electron chi connectivity index (χ2n) is 4.56. The number of anilines is 1. The predicted octanol–water partition coefficient (Wildman–Crippen LogP) is 3.17. The standard InChI is InChI=1S/C15H18N2O2S/c1-11-3-5-12(6-4-11)9-16-15-17-13(10-20-15)7-8-14(18)19-2/h3-6,10H,7-9H2,1-2H3,(H,16,17). The quantitative estimate of drug-likeness (QED) is 0.830. The lowest BCUT2D eigenvalue weighted by Crippen LogP contribution is -2.02. The minimum Gasteiger partial charge on any atom is -0.469 e. The Kier molecular flexibility index (Phi) is 5.12. The smallest absolute Gasteiger partial charge is 0.305 e. The third kappa shape index (κ3) is 4.35. The molecule has 5 heteroatoms. The largest absolute Gasteiger partial charge is 0.469 e. The molecule has 0 unspecified atom stereocenters. The molecule has 0 aliphatic carbocycles. The monoisotopic (exact) mass is 290 g/mol. The average Bonchev–Trinajstić information content (AvgIpc) is 2.92. The summed E-state index contributed by atoms with van der Waals surface area (Å²) in [6.45, 7) is 2.83. The fourth-order valence-corrected chi connectivity index (χ4v) is 2.46. The summed E-state index contributed by atoms with van der Waals surface area (Å²) in [5.41, 5.74) is 3.40. The van der Waals surface area contributed by atoms with Crippen LogP contribution in [-0.4, -0.2) is 18.1 Å². The molecule has 0 aliphatic heterocycles. The molecule has 1 aromatic heterocycles. The highest BCUT2D eigenvalue weighted by molar-refractivity contribution is 7.13. The van der Waals surface area contributed by atoms with Crippen molar-refractivity contribution < 1.29 is 9.53 Å². The Morgan fingerprint density at radius 3 is 2.80 bits per heavy atom.